The van der Waals surface area contributed by atoms with Crippen molar-refractivity contribution in [1.29, 1.82) is 0 Å². The quantitative estimate of drug-likeness (QED) is 0.581. The molecule has 0 radical (unpaired) electrons. The normalized spacial score (nSPS) is 12.4. The number of hydrogen-bond acceptors (Lipinski definition) is 4. The Labute approximate surface area is 152 Å². The van der Waals surface area contributed by atoms with Crippen molar-refractivity contribution in [3.63, 3.8) is 0 Å². The second kappa shape index (κ2) is 7.68. The SMILES string of the molecule is COc1ccc(C(=O)O[C@@H](C)C(=O)c2ccc(C(C)(C)C)cc2)cc1F. The zero-order chi connectivity index (χ0) is 19.5. The highest BCUT2D eigenvalue weighted by molar-refractivity contribution is 6.01. The van der Waals surface area contributed by atoms with E-state index in [-0.39, 0.29) is 22.5 Å². The molecule has 0 saturated carbocycles. The number of ketones is 1. The lowest BCUT2D eigenvalue weighted by Crippen LogP contribution is -2.24. The summed E-state index contributed by atoms with van der Waals surface area (Å²) in [5, 5.41) is 0. The van der Waals surface area contributed by atoms with Gasteiger partial charge >= 0.3 is 5.97 Å². The molecule has 2 aromatic carbocycles. The average Bonchev–Trinajstić information content (AvgIpc) is 2.60. The van der Waals surface area contributed by atoms with Crippen molar-refractivity contribution in [2.45, 2.75) is 39.2 Å². The molecule has 0 amide bonds. The summed E-state index contributed by atoms with van der Waals surface area (Å²) in [4.78, 5) is 24.6. The van der Waals surface area contributed by atoms with Crippen LogP contribution < -0.4 is 4.74 Å². The van der Waals surface area contributed by atoms with Gasteiger partial charge in [-0.05, 0) is 36.1 Å². The summed E-state index contributed by atoms with van der Waals surface area (Å²) in [6.07, 6.45) is -0.979. The summed E-state index contributed by atoms with van der Waals surface area (Å²) in [6.45, 7) is 7.75. The third-order valence-electron chi connectivity index (χ3n) is 4.08. The molecule has 0 N–H and O–H groups in total. The second-order valence-corrected chi connectivity index (χ2v) is 7.09. The molecule has 138 valence electrons. The second-order valence-electron chi connectivity index (χ2n) is 7.09. The van der Waals surface area contributed by atoms with Crippen LogP contribution in [0, 0.1) is 5.82 Å². The van der Waals surface area contributed by atoms with Crippen LogP contribution in [0.4, 0.5) is 4.39 Å². The number of halogens is 1. The molecule has 0 aliphatic rings. The Morgan fingerprint density at radius 3 is 2.08 bits per heavy atom. The molecule has 0 bridgehead atoms. The molecule has 2 rings (SSSR count). The fourth-order valence-corrected chi connectivity index (χ4v) is 2.44. The molecule has 0 unspecified atom stereocenters. The number of ether oxygens (including phenoxy) is 2. The van der Waals surface area contributed by atoms with Crippen LogP contribution in [0.1, 0.15) is 54.0 Å². The predicted molar refractivity (Wildman–Crippen MR) is 97.3 cm³/mol. The molecule has 0 aliphatic heterocycles. The van der Waals surface area contributed by atoms with Crippen molar-refractivity contribution in [3.05, 3.63) is 65.0 Å². The molecule has 1 atom stereocenters. The lowest BCUT2D eigenvalue weighted by Gasteiger charge is -2.19. The van der Waals surface area contributed by atoms with Crippen LogP contribution in [0.15, 0.2) is 42.5 Å². The number of benzene rings is 2. The fraction of sp³-hybridized carbons (Fsp3) is 0.333. The Morgan fingerprint density at radius 2 is 1.58 bits per heavy atom. The molecule has 0 aliphatic carbocycles. The van der Waals surface area contributed by atoms with Crippen LogP contribution in [0.3, 0.4) is 0 Å². The molecule has 2 aromatic rings. The zero-order valence-electron chi connectivity index (χ0n) is 15.6. The first-order chi connectivity index (χ1) is 12.1. The van der Waals surface area contributed by atoms with Gasteiger partial charge in [-0.15, -0.1) is 0 Å². The average molecular weight is 358 g/mol. The van der Waals surface area contributed by atoms with Gasteiger partial charge in [0.1, 0.15) is 0 Å². The van der Waals surface area contributed by atoms with Gasteiger partial charge in [-0.25, -0.2) is 9.18 Å². The van der Waals surface area contributed by atoms with Gasteiger partial charge in [-0.2, -0.15) is 0 Å². The highest BCUT2D eigenvalue weighted by Crippen LogP contribution is 2.23. The van der Waals surface area contributed by atoms with E-state index < -0.39 is 17.9 Å². The molecule has 0 fully saturated rings. The van der Waals surface area contributed by atoms with E-state index in [0.717, 1.165) is 11.6 Å². The minimum Gasteiger partial charge on any atom is -0.494 e. The van der Waals surface area contributed by atoms with E-state index in [1.807, 2.05) is 12.1 Å². The van der Waals surface area contributed by atoms with Crippen molar-refractivity contribution >= 4 is 11.8 Å². The van der Waals surface area contributed by atoms with Crippen LogP contribution in [-0.4, -0.2) is 25.0 Å². The summed E-state index contributed by atoms with van der Waals surface area (Å²) < 4.78 is 23.7. The monoisotopic (exact) mass is 358 g/mol. The first-order valence-corrected chi connectivity index (χ1v) is 8.32. The maximum atomic E-state index is 13.7. The lowest BCUT2D eigenvalue weighted by atomic mass is 9.86. The van der Waals surface area contributed by atoms with Crippen LogP contribution in [0.5, 0.6) is 5.75 Å². The van der Waals surface area contributed by atoms with E-state index >= 15 is 0 Å². The first kappa shape index (κ1) is 19.6. The van der Waals surface area contributed by atoms with Crippen LogP contribution in [0.25, 0.3) is 0 Å². The Balaban J connectivity index is 2.08. The Morgan fingerprint density at radius 1 is 1.00 bits per heavy atom. The smallest absolute Gasteiger partial charge is 0.338 e. The third kappa shape index (κ3) is 4.48. The van der Waals surface area contributed by atoms with Gasteiger partial charge in [0, 0.05) is 5.56 Å². The molecule has 26 heavy (non-hydrogen) atoms. The molecule has 5 heteroatoms. The van der Waals surface area contributed by atoms with E-state index in [1.165, 1.54) is 26.2 Å². The van der Waals surface area contributed by atoms with Gasteiger partial charge in [-0.1, -0.05) is 45.0 Å². The molecule has 0 spiro atoms. The van der Waals surface area contributed by atoms with Gasteiger partial charge in [0.2, 0.25) is 5.78 Å². The third-order valence-corrected chi connectivity index (χ3v) is 4.08. The van der Waals surface area contributed by atoms with E-state index in [4.69, 9.17) is 9.47 Å². The molecule has 4 nitrogen and oxygen atoms in total. The number of methoxy groups -OCH3 is 1. The molecule has 0 saturated heterocycles. The Hall–Kier alpha value is -2.69. The highest BCUT2D eigenvalue weighted by Gasteiger charge is 2.22. The predicted octanol–water partition coefficient (Wildman–Crippen LogP) is 4.56. The number of rotatable bonds is 5. The summed E-state index contributed by atoms with van der Waals surface area (Å²) in [7, 11) is 1.34. The fourth-order valence-electron chi connectivity index (χ4n) is 2.44. The zero-order valence-corrected chi connectivity index (χ0v) is 15.6. The number of esters is 1. The maximum absolute atomic E-state index is 13.7. The van der Waals surface area contributed by atoms with Crippen LogP contribution in [-0.2, 0) is 10.2 Å². The summed E-state index contributed by atoms with van der Waals surface area (Å²) in [5.41, 5.74) is 1.57. The Kier molecular flexibility index (Phi) is 5.80. The van der Waals surface area contributed by atoms with Crippen molar-refractivity contribution in [2.75, 3.05) is 7.11 Å². The lowest BCUT2D eigenvalue weighted by molar-refractivity contribution is 0.0318. The molecule has 0 aromatic heterocycles. The van der Waals surface area contributed by atoms with E-state index in [1.54, 1.807) is 12.1 Å². The summed E-state index contributed by atoms with van der Waals surface area (Å²) in [5.74, 6) is -1.71. The maximum Gasteiger partial charge on any atom is 0.338 e. The largest absolute Gasteiger partial charge is 0.494 e. The molecule has 0 heterocycles. The van der Waals surface area contributed by atoms with Crippen LogP contribution in [0.2, 0.25) is 0 Å². The number of carbonyl (C=O) groups is 2. The summed E-state index contributed by atoms with van der Waals surface area (Å²) >= 11 is 0. The van der Waals surface area contributed by atoms with Gasteiger partial charge in [-0.3, -0.25) is 4.79 Å². The standard InChI is InChI=1S/C21H23FO4/c1-13(19(23)14-6-9-16(10-7-14)21(2,3)4)26-20(24)15-8-11-18(25-5)17(22)12-15/h6-13H,1-5H3/t13-/m0/s1. The molecular weight excluding hydrogens is 335 g/mol. The number of Topliss-reactive ketones (excluding diaryl/α,β-unsaturated/α-hetero) is 1. The van der Waals surface area contributed by atoms with Crippen molar-refractivity contribution < 1.29 is 23.5 Å². The van der Waals surface area contributed by atoms with Crippen LogP contribution >= 0.6 is 0 Å². The first-order valence-electron chi connectivity index (χ1n) is 8.32. The minimum atomic E-state index is -0.979. The van der Waals surface area contributed by atoms with Gasteiger partial charge < -0.3 is 9.47 Å². The molecular formula is C21H23FO4. The van der Waals surface area contributed by atoms with Crippen molar-refractivity contribution in [1.82, 2.24) is 0 Å². The topological polar surface area (TPSA) is 52.6 Å². The van der Waals surface area contributed by atoms with E-state index in [0.29, 0.717) is 5.56 Å². The van der Waals surface area contributed by atoms with Gasteiger partial charge in [0.05, 0.1) is 12.7 Å². The number of hydrogen-bond donors (Lipinski definition) is 0. The van der Waals surface area contributed by atoms with Gasteiger partial charge in [0.25, 0.3) is 0 Å². The number of carbonyl (C=O) groups excluding carboxylic acids is 2. The summed E-state index contributed by atoms with van der Waals surface area (Å²) in [6, 6.07) is 11.0. The van der Waals surface area contributed by atoms with Crippen molar-refractivity contribution in [2.24, 2.45) is 0 Å². The Bertz CT molecular complexity index is 804. The minimum absolute atomic E-state index is 0.0158. The van der Waals surface area contributed by atoms with E-state index in [9.17, 15) is 14.0 Å². The van der Waals surface area contributed by atoms with Gasteiger partial charge in [0.15, 0.2) is 17.7 Å². The highest BCUT2D eigenvalue weighted by atomic mass is 19.1. The van der Waals surface area contributed by atoms with Crippen molar-refractivity contribution in [3.8, 4) is 5.75 Å². The van der Waals surface area contributed by atoms with E-state index in [2.05, 4.69) is 20.8 Å².